The van der Waals surface area contributed by atoms with E-state index >= 15 is 0 Å². The summed E-state index contributed by atoms with van der Waals surface area (Å²) in [6, 6.07) is 5.64. The number of carbonyl (C=O) groups is 1. The second kappa shape index (κ2) is 6.51. The van der Waals surface area contributed by atoms with E-state index in [4.69, 9.17) is 4.89 Å². The Kier molecular flexibility index (Phi) is 5.30. The van der Waals surface area contributed by atoms with E-state index in [1.54, 1.807) is 0 Å². The first-order valence-electron chi connectivity index (χ1n) is 5.59. The average molecular weight is 272 g/mol. The van der Waals surface area contributed by atoms with Crippen LogP contribution in [0, 0.1) is 0 Å². The monoisotopic (exact) mass is 272 g/mol. The first-order valence-corrected chi connectivity index (χ1v) is 7.48. The van der Waals surface area contributed by atoms with Gasteiger partial charge in [0.15, 0.2) is 9.84 Å². The van der Waals surface area contributed by atoms with E-state index in [2.05, 4.69) is 4.89 Å². The zero-order valence-electron chi connectivity index (χ0n) is 10.4. The molecule has 0 aliphatic heterocycles. The fraction of sp³-hybridized carbons (Fsp3) is 0.417. The molecule has 0 N–H and O–H groups in total. The van der Waals surface area contributed by atoms with Crippen molar-refractivity contribution >= 4 is 15.8 Å². The molecule has 0 aliphatic rings. The smallest absolute Gasteiger partial charge is 0.293 e. The topological polar surface area (TPSA) is 69.7 Å². The molecule has 5 nitrogen and oxygen atoms in total. The van der Waals surface area contributed by atoms with Crippen molar-refractivity contribution in [2.75, 3.05) is 12.9 Å². The largest absolute Gasteiger partial charge is 0.373 e. The van der Waals surface area contributed by atoms with Crippen molar-refractivity contribution in [3.8, 4) is 0 Å². The third-order valence-electron chi connectivity index (χ3n) is 2.21. The van der Waals surface area contributed by atoms with Crippen LogP contribution in [0.2, 0.25) is 0 Å². The van der Waals surface area contributed by atoms with Gasteiger partial charge in [0.1, 0.15) is 0 Å². The minimum Gasteiger partial charge on any atom is -0.293 e. The fourth-order valence-corrected chi connectivity index (χ4v) is 1.87. The summed E-state index contributed by atoms with van der Waals surface area (Å²) in [6.45, 7) is 2.31. The van der Waals surface area contributed by atoms with Gasteiger partial charge in [-0.3, -0.25) is 4.89 Å². The van der Waals surface area contributed by atoms with Crippen molar-refractivity contribution in [1.82, 2.24) is 0 Å². The zero-order valence-corrected chi connectivity index (χ0v) is 11.2. The van der Waals surface area contributed by atoms with E-state index in [1.165, 1.54) is 24.3 Å². The predicted octanol–water partition coefficient (Wildman–Crippen LogP) is 1.98. The number of carbonyl (C=O) groups excluding carboxylic acids is 1. The van der Waals surface area contributed by atoms with Gasteiger partial charge in [-0.25, -0.2) is 13.2 Å². The van der Waals surface area contributed by atoms with Gasteiger partial charge in [-0.2, -0.15) is 4.89 Å². The van der Waals surface area contributed by atoms with Crippen molar-refractivity contribution < 1.29 is 23.0 Å². The quantitative estimate of drug-likeness (QED) is 0.450. The lowest BCUT2D eigenvalue weighted by molar-refractivity contribution is -0.241. The van der Waals surface area contributed by atoms with Gasteiger partial charge < -0.3 is 0 Å². The maximum atomic E-state index is 11.5. The molecule has 0 fully saturated rings. The number of hydrogen-bond acceptors (Lipinski definition) is 5. The Morgan fingerprint density at radius 3 is 2.67 bits per heavy atom. The van der Waals surface area contributed by atoms with E-state index in [0.29, 0.717) is 6.61 Å². The highest BCUT2D eigenvalue weighted by Crippen LogP contribution is 2.12. The van der Waals surface area contributed by atoms with Crippen LogP contribution in [-0.2, 0) is 19.6 Å². The molecular formula is C12H16O5S. The molecule has 100 valence electrons. The molecule has 0 amide bonds. The van der Waals surface area contributed by atoms with Gasteiger partial charge in [-0.05, 0) is 24.6 Å². The van der Waals surface area contributed by atoms with Crippen molar-refractivity contribution in [3.05, 3.63) is 29.8 Å². The molecule has 0 radical (unpaired) electrons. The van der Waals surface area contributed by atoms with Crippen LogP contribution in [0.25, 0.3) is 0 Å². The number of benzene rings is 1. The van der Waals surface area contributed by atoms with Crippen molar-refractivity contribution in [1.29, 1.82) is 0 Å². The van der Waals surface area contributed by atoms with E-state index in [9.17, 15) is 13.2 Å². The summed E-state index contributed by atoms with van der Waals surface area (Å²) in [5, 5.41) is 0. The number of hydrogen-bond donors (Lipinski definition) is 0. The van der Waals surface area contributed by atoms with Gasteiger partial charge in [-0.15, -0.1) is 0 Å². The Morgan fingerprint density at radius 1 is 1.33 bits per heavy atom. The Labute approximate surface area is 107 Å². The van der Waals surface area contributed by atoms with E-state index in [-0.39, 0.29) is 10.5 Å². The summed E-state index contributed by atoms with van der Waals surface area (Å²) in [7, 11) is -3.34. The van der Waals surface area contributed by atoms with Crippen LogP contribution in [0.5, 0.6) is 0 Å². The lowest BCUT2D eigenvalue weighted by Gasteiger charge is -2.04. The number of rotatable bonds is 6. The number of unbranched alkanes of at least 4 members (excludes halogenated alkanes) is 1. The normalized spacial score (nSPS) is 11.2. The molecule has 1 rings (SSSR count). The van der Waals surface area contributed by atoms with Crippen molar-refractivity contribution in [3.63, 3.8) is 0 Å². The molecule has 6 heteroatoms. The molecule has 0 aromatic heterocycles. The summed E-state index contributed by atoms with van der Waals surface area (Å²) in [4.78, 5) is 20.9. The maximum Gasteiger partial charge on any atom is 0.373 e. The fourth-order valence-electron chi connectivity index (χ4n) is 1.20. The van der Waals surface area contributed by atoms with Gasteiger partial charge in [0.25, 0.3) is 0 Å². The Hall–Kier alpha value is -1.40. The molecule has 0 unspecified atom stereocenters. The molecule has 0 atom stereocenters. The van der Waals surface area contributed by atoms with Gasteiger partial charge >= 0.3 is 5.97 Å². The Bertz CT molecular complexity index is 507. The van der Waals surface area contributed by atoms with Crippen LogP contribution in [-0.4, -0.2) is 27.2 Å². The summed E-state index contributed by atoms with van der Waals surface area (Å²) >= 11 is 0. The van der Waals surface area contributed by atoms with Crippen LogP contribution >= 0.6 is 0 Å². The SMILES string of the molecule is CCCCOOC(=O)c1cccc(S(C)(=O)=O)c1. The highest BCUT2D eigenvalue weighted by Gasteiger charge is 2.13. The summed E-state index contributed by atoms with van der Waals surface area (Å²) < 4.78 is 22.6. The van der Waals surface area contributed by atoms with Crippen LogP contribution in [0.1, 0.15) is 30.1 Å². The molecular weight excluding hydrogens is 256 g/mol. The third-order valence-corrected chi connectivity index (χ3v) is 3.32. The predicted molar refractivity (Wildman–Crippen MR) is 65.8 cm³/mol. The number of sulfone groups is 1. The summed E-state index contributed by atoms with van der Waals surface area (Å²) in [5.74, 6) is -0.698. The Balaban J connectivity index is 2.69. The highest BCUT2D eigenvalue weighted by atomic mass is 32.2. The minimum absolute atomic E-state index is 0.0745. The van der Waals surface area contributed by atoms with Gasteiger partial charge in [0, 0.05) is 6.26 Å². The maximum absolute atomic E-state index is 11.5. The van der Waals surface area contributed by atoms with Crippen molar-refractivity contribution in [2.24, 2.45) is 0 Å². The lowest BCUT2D eigenvalue weighted by Crippen LogP contribution is -2.08. The molecule has 0 saturated heterocycles. The minimum atomic E-state index is -3.34. The highest BCUT2D eigenvalue weighted by molar-refractivity contribution is 7.90. The molecule has 0 saturated carbocycles. The third kappa shape index (κ3) is 4.46. The van der Waals surface area contributed by atoms with Gasteiger partial charge in [0.2, 0.25) is 0 Å². The summed E-state index contributed by atoms with van der Waals surface area (Å²) in [5.41, 5.74) is 0.148. The van der Waals surface area contributed by atoms with E-state index in [0.717, 1.165) is 19.1 Å². The molecule has 0 aliphatic carbocycles. The van der Waals surface area contributed by atoms with E-state index < -0.39 is 15.8 Å². The summed E-state index contributed by atoms with van der Waals surface area (Å²) in [6.07, 6.45) is 2.80. The average Bonchev–Trinajstić information content (AvgIpc) is 2.33. The van der Waals surface area contributed by atoms with Crippen LogP contribution in [0.4, 0.5) is 0 Å². The molecule has 18 heavy (non-hydrogen) atoms. The zero-order chi connectivity index (χ0) is 13.6. The Morgan fingerprint density at radius 2 is 2.06 bits per heavy atom. The lowest BCUT2D eigenvalue weighted by atomic mass is 10.2. The molecule has 0 heterocycles. The first kappa shape index (κ1) is 14.7. The first-order chi connectivity index (χ1) is 8.45. The van der Waals surface area contributed by atoms with E-state index in [1.807, 2.05) is 6.92 Å². The van der Waals surface area contributed by atoms with Crippen LogP contribution in [0.3, 0.4) is 0 Å². The van der Waals surface area contributed by atoms with Gasteiger partial charge in [-0.1, -0.05) is 19.4 Å². The molecule has 0 bridgehead atoms. The molecule has 1 aromatic carbocycles. The van der Waals surface area contributed by atoms with Gasteiger partial charge in [0.05, 0.1) is 17.1 Å². The molecule has 1 aromatic rings. The standard InChI is InChI=1S/C12H16O5S/c1-3-4-8-16-17-12(13)10-6-5-7-11(9-10)18(2,14)15/h5-7,9H,3-4,8H2,1-2H3. The van der Waals surface area contributed by atoms with Crippen LogP contribution in [0.15, 0.2) is 29.2 Å². The molecule has 0 spiro atoms. The van der Waals surface area contributed by atoms with Crippen molar-refractivity contribution in [2.45, 2.75) is 24.7 Å². The second-order valence-corrected chi connectivity index (χ2v) is 5.86. The van der Waals surface area contributed by atoms with Crippen LogP contribution < -0.4 is 0 Å². The second-order valence-electron chi connectivity index (χ2n) is 3.85.